The highest BCUT2D eigenvalue weighted by molar-refractivity contribution is 6.30. The van der Waals surface area contributed by atoms with Crippen LogP contribution in [0.5, 0.6) is 0 Å². The third-order valence-electron chi connectivity index (χ3n) is 3.94. The average Bonchev–Trinajstić information content (AvgIpc) is 2.82. The van der Waals surface area contributed by atoms with Crippen molar-refractivity contribution in [2.24, 2.45) is 7.05 Å². The first kappa shape index (κ1) is 16.8. The standard InChI is InChI=1S/C18H19ClN2O3/c1-20-16-4-2-3-5-17(16)21(18(20)23)10-15(22)12-24-11-13-6-8-14(19)9-7-13/h2-9,15,22H,10-12H2,1H3/t15-/m1/s1. The van der Waals surface area contributed by atoms with Crippen molar-refractivity contribution in [2.75, 3.05) is 6.61 Å². The second-order valence-electron chi connectivity index (χ2n) is 5.74. The fourth-order valence-corrected chi connectivity index (χ4v) is 2.82. The highest BCUT2D eigenvalue weighted by Gasteiger charge is 2.14. The van der Waals surface area contributed by atoms with E-state index in [4.69, 9.17) is 16.3 Å². The molecule has 5 nitrogen and oxygen atoms in total. The number of halogens is 1. The third-order valence-corrected chi connectivity index (χ3v) is 4.19. The van der Waals surface area contributed by atoms with E-state index in [9.17, 15) is 9.90 Å². The van der Waals surface area contributed by atoms with Crippen molar-refractivity contribution in [3.63, 3.8) is 0 Å². The first-order valence-corrected chi connectivity index (χ1v) is 8.08. The van der Waals surface area contributed by atoms with E-state index in [0.717, 1.165) is 16.6 Å². The Kier molecular flexibility index (Phi) is 5.04. The van der Waals surface area contributed by atoms with Gasteiger partial charge in [-0.05, 0) is 29.8 Å². The largest absolute Gasteiger partial charge is 0.389 e. The number of benzene rings is 2. The van der Waals surface area contributed by atoms with E-state index in [1.807, 2.05) is 36.4 Å². The molecule has 0 amide bonds. The molecule has 0 unspecified atom stereocenters. The molecule has 0 saturated carbocycles. The maximum absolute atomic E-state index is 12.3. The van der Waals surface area contributed by atoms with Gasteiger partial charge < -0.3 is 9.84 Å². The van der Waals surface area contributed by atoms with Gasteiger partial charge in [-0.1, -0.05) is 35.9 Å². The van der Waals surface area contributed by atoms with Crippen LogP contribution in [0.25, 0.3) is 11.0 Å². The van der Waals surface area contributed by atoms with Gasteiger partial charge in [0.05, 0.1) is 36.9 Å². The Bertz CT molecular complexity index is 883. The molecule has 0 bridgehead atoms. The van der Waals surface area contributed by atoms with Crippen LogP contribution >= 0.6 is 11.6 Å². The van der Waals surface area contributed by atoms with Gasteiger partial charge in [0.2, 0.25) is 0 Å². The van der Waals surface area contributed by atoms with Crippen LogP contribution in [-0.4, -0.2) is 27.0 Å². The lowest BCUT2D eigenvalue weighted by Crippen LogP contribution is -2.29. The summed E-state index contributed by atoms with van der Waals surface area (Å²) in [7, 11) is 1.73. The van der Waals surface area contributed by atoms with Gasteiger partial charge in [-0.15, -0.1) is 0 Å². The predicted molar refractivity (Wildman–Crippen MR) is 94.3 cm³/mol. The van der Waals surface area contributed by atoms with Crippen LogP contribution in [0.4, 0.5) is 0 Å². The van der Waals surface area contributed by atoms with Crippen LogP contribution < -0.4 is 5.69 Å². The molecule has 3 aromatic rings. The quantitative estimate of drug-likeness (QED) is 0.746. The normalized spacial score (nSPS) is 12.6. The van der Waals surface area contributed by atoms with E-state index in [0.29, 0.717) is 11.6 Å². The second kappa shape index (κ2) is 7.21. The lowest BCUT2D eigenvalue weighted by molar-refractivity contribution is 0.0204. The number of rotatable bonds is 6. The Morgan fingerprint density at radius 3 is 2.50 bits per heavy atom. The summed E-state index contributed by atoms with van der Waals surface area (Å²) in [5.74, 6) is 0. The Morgan fingerprint density at radius 1 is 1.12 bits per heavy atom. The summed E-state index contributed by atoms with van der Waals surface area (Å²) in [6, 6.07) is 14.9. The van der Waals surface area contributed by atoms with Crippen LogP contribution in [0, 0.1) is 0 Å². The molecule has 1 N–H and O–H groups in total. The van der Waals surface area contributed by atoms with Crippen molar-refractivity contribution in [3.8, 4) is 0 Å². The maximum atomic E-state index is 12.3. The monoisotopic (exact) mass is 346 g/mol. The SMILES string of the molecule is Cn1c(=O)n(C[C@@H](O)COCc2ccc(Cl)cc2)c2ccccc21. The zero-order valence-corrected chi connectivity index (χ0v) is 14.1. The fraction of sp³-hybridized carbons (Fsp3) is 0.278. The lowest BCUT2D eigenvalue weighted by atomic mass is 10.2. The summed E-state index contributed by atoms with van der Waals surface area (Å²) in [5, 5.41) is 10.9. The highest BCUT2D eigenvalue weighted by Crippen LogP contribution is 2.13. The molecular formula is C18H19ClN2O3. The van der Waals surface area contributed by atoms with E-state index in [1.54, 1.807) is 28.3 Å². The van der Waals surface area contributed by atoms with E-state index in [2.05, 4.69) is 0 Å². The number of para-hydroxylation sites is 2. The minimum absolute atomic E-state index is 0.145. The first-order valence-electron chi connectivity index (χ1n) is 7.71. The Morgan fingerprint density at radius 2 is 1.79 bits per heavy atom. The zero-order valence-electron chi connectivity index (χ0n) is 13.4. The van der Waals surface area contributed by atoms with Crippen LogP contribution in [0.3, 0.4) is 0 Å². The van der Waals surface area contributed by atoms with Crippen molar-refractivity contribution < 1.29 is 9.84 Å². The van der Waals surface area contributed by atoms with Crippen molar-refractivity contribution in [1.82, 2.24) is 9.13 Å². The molecule has 1 heterocycles. The van der Waals surface area contributed by atoms with Gasteiger partial charge in [0.15, 0.2) is 0 Å². The summed E-state index contributed by atoms with van der Waals surface area (Å²) < 4.78 is 8.69. The molecule has 6 heteroatoms. The van der Waals surface area contributed by atoms with Crippen molar-refractivity contribution in [2.45, 2.75) is 19.3 Å². The predicted octanol–water partition coefficient (Wildman–Crippen LogP) is 2.57. The molecule has 0 aliphatic rings. The van der Waals surface area contributed by atoms with Crippen molar-refractivity contribution >= 4 is 22.6 Å². The molecule has 24 heavy (non-hydrogen) atoms. The number of hydrogen-bond acceptors (Lipinski definition) is 3. The molecule has 3 rings (SSSR count). The second-order valence-corrected chi connectivity index (χ2v) is 6.17. The summed E-state index contributed by atoms with van der Waals surface area (Å²) in [4.78, 5) is 12.3. The number of fused-ring (bicyclic) bond motifs is 1. The number of nitrogens with zero attached hydrogens (tertiary/aromatic N) is 2. The summed E-state index contributed by atoms with van der Waals surface area (Å²) >= 11 is 5.84. The fourth-order valence-electron chi connectivity index (χ4n) is 2.70. The average molecular weight is 347 g/mol. The smallest absolute Gasteiger partial charge is 0.328 e. The number of aromatic nitrogens is 2. The van der Waals surface area contributed by atoms with Gasteiger partial charge in [-0.2, -0.15) is 0 Å². The molecule has 1 aromatic heterocycles. The number of aliphatic hydroxyl groups is 1. The molecular weight excluding hydrogens is 328 g/mol. The molecule has 0 spiro atoms. The molecule has 0 aliphatic heterocycles. The number of aryl methyl sites for hydroxylation is 1. The minimum Gasteiger partial charge on any atom is -0.389 e. The van der Waals surface area contributed by atoms with E-state index in [-0.39, 0.29) is 18.8 Å². The van der Waals surface area contributed by atoms with E-state index >= 15 is 0 Å². The number of ether oxygens (including phenoxy) is 1. The van der Waals surface area contributed by atoms with Gasteiger partial charge in [-0.25, -0.2) is 4.79 Å². The topological polar surface area (TPSA) is 56.4 Å². The third kappa shape index (κ3) is 3.53. The van der Waals surface area contributed by atoms with E-state index < -0.39 is 6.10 Å². The van der Waals surface area contributed by atoms with Gasteiger partial charge in [0.1, 0.15) is 0 Å². The maximum Gasteiger partial charge on any atom is 0.328 e. The van der Waals surface area contributed by atoms with Crippen LogP contribution in [0.1, 0.15) is 5.56 Å². The van der Waals surface area contributed by atoms with Crippen LogP contribution in [-0.2, 0) is 24.9 Å². The number of imidazole rings is 1. The van der Waals surface area contributed by atoms with Gasteiger partial charge in [0, 0.05) is 12.1 Å². The zero-order chi connectivity index (χ0) is 17.1. The summed E-state index contributed by atoms with van der Waals surface area (Å²) in [6.45, 7) is 0.734. The molecule has 2 aromatic carbocycles. The van der Waals surface area contributed by atoms with Crippen molar-refractivity contribution in [3.05, 3.63) is 69.6 Å². The van der Waals surface area contributed by atoms with Gasteiger partial charge in [0.25, 0.3) is 0 Å². The van der Waals surface area contributed by atoms with Crippen molar-refractivity contribution in [1.29, 1.82) is 0 Å². The molecule has 1 atom stereocenters. The minimum atomic E-state index is -0.763. The Hall–Kier alpha value is -2.08. The first-order chi connectivity index (χ1) is 11.6. The van der Waals surface area contributed by atoms with E-state index in [1.165, 1.54) is 0 Å². The molecule has 0 saturated heterocycles. The van der Waals surface area contributed by atoms with Crippen LogP contribution in [0.2, 0.25) is 5.02 Å². The van der Waals surface area contributed by atoms with Gasteiger partial charge in [-0.3, -0.25) is 9.13 Å². The molecule has 0 aliphatic carbocycles. The Balaban J connectivity index is 1.63. The number of hydrogen-bond donors (Lipinski definition) is 1. The Labute approximate surface area is 144 Å². The van der Waals surface area contributed by atoms with Crippen LogP contribution in [0.15, 0.2) is 53.3 Å². The summed E-state index contributed by atoms with van der Waals surface area (Å²) in [6.07, 6.45) is -0.763. The molecule has 0 radical (unpaired) electrons. The molecule has 126 valence electrons. The molecule has 0 fully saturated rings. The summed E-state index contributed by atoms with van der Waals surface area (Å²) in [5.41, 5.74) is 2.49. The highest BCUT2D eigenvalue weighted by atomic mass is 35.5. The van der Waals surface area contributed by atoms with Gasteiger partial charge >= 0.3 is 5.69 Å². The number of aliphatic hydroxyl groups excluding tert-OH is 1. The lowest BCUT2D eigenvalue weighted by Gasteiger charge is -2.12.